The molecule has 0 amide bonds. The Morgan fingerprint density at radius 3 is 2.70 bits per heavy atom. The minimum absolute atomic E-state index is 0.0728. The monoisotopic (exact) mass is 278 g/mol. The molecule has 0 fully saturated rings. The van der Waals surface area contributed by atoms with Crippen LogP contribution in [-0.4, -0.2) is 22.0 Å². The molecule has 0 saturated heterocycles. The Labute approximate surface area is 113 Å². The number of hydrogen-bond acceptors (Lipinski definition) is 6. The predicted octanol–water partition coefficient (Wildman–Crippen LogP) is 2.09. The highest BCUT2D eigenvalue weighted by molar-refractivity contribution is 5.76. The third-order valence-electron chi connectivity index (χ3n) is 2.67. The van der Waals surface area contributed by atoms with Crippen molar-refractivity contribution in [2.24, 2.45) is 0 Å². The van der Waals surface area contributed by atoms with Crippen molar-refractivity contribution >= 4 is 11.6 Å². The van der Waals surface area contributed by atoms with Crippen molar-refractivity contribution in [3.05, 3.63) is 39.8 Å². The number of benzene rings is 1. The van der Waals surface area contributed by atoms with Gasteiger partial charge in [0, 0.05) is 0 Å². The maximum atomic E-state index is 13.4. The van der Waals surface area contributed by atoms with E-state index in [1.54, 1.807) is 0 Å². The normalized spacial score (nSPS) is 10.3. The molecule has 1 aromatic heterocycles. The summed E-state index contributed by atoms with van der Waals surface area (Å²) in [7, 11) is 1.37. The van der Waals surface area contributed by atoms with Crippen LogP contribution in [0.15, 0.2) is 18.2 Å². The van der Waals surface area contributed by atoms with Crippen LogP contribution >= 0.6 is 0 Å². The zero-order valence-corrected chi connectivity index (χ0v) is 10.8. The van der Waals surface area contributed by atoms with Crippen molar-refractivity contribution in [3.8, 4) is 17.0 Å². The predicted molar refractivity (Wildman–Crippen MR) is 69.8 cm³/mol. The number of nitrogens with two attached hydrogens (primary N) is 1. The molecule has 0 aliphatic rings. The second-order valence-electron chi connectivity index (χ2n) is 3.97. The van der Waals surface area contributed by atoms with Crippen molar-refractivity contribution in [2.75, 3.05) is 12.8 Å². The van der Waals surface area contributed by atoms with E-state index < -0.39 is 10.7 Å². The number of anilines is 1. The number of halogens is 1. The summed E-state index contributed by atoms with van der Waals surface area (Å²) in [5.41, 5.74) is 5.36. The van der Waals surface area contributed by atoms with Crippen LogP contribution < -0.4 is 10.5 Å². The Bertz CT molecular complexity index is 691. The van der Waals surface area contributed by atoms with Gasteiger partial charge in [-0.2, -0.15) is 0 Å². The molecule has 7 nitrogen and oxygen atoms in total. The van der Waals surface area contributed by atoms with Gasteiger partial charge in [0.05, 0.1) is 17.6 Å². The van der Waals surface area contributed by atoms with Gasteiger partial charge < -0.3 is 10.5 Å². The third-order valence-corrected chi connectivity index (χ3v) is 2.67. The van der Waals surface area contributed by atoms with Gasteiger partial charge in [-0.05, 0) is 25.1 Å². The van der Waals surface area contributed by atoms with Gasteiger partial charge in [-0.25, -0.2) is 14.4 Å². The van der Waals surface area contributed by atoms with E-state index in [2.05, 4.69) is 9.97 Å². The van der Waals surface area contributed by atoms with E-state index in [9.17, 15) is 14.5 Å². The summed E-state index contributed by atoms with van der Waals surface area (Å²) >= 11 is 0. The number of aromatic nitrogens is 2. The second-order valence-corrected chi connectivity index (χ2v) is 3.97. The fourth-order valence-electron chi connectivity index (χ4n) is 1.86. The van der Waals surface area contributed by atoms with E-state index in [4.69, 9.17) is 10.5 Å². The second kappa shape index (κ2) is 5.08. The van der Waals surface area contributed by atoms with Crippen molar-refractivity contribution in [2.45, 2.75) is 6.92 Å². The summed E-state index contributed by atoms with van der Waals surface area (Å²) in [5, 5.41) is 11.2. The highest BCUT2D eigenvalue weighted by Gasteiger charge is 2.25. The molecule has 20 heavy (non-hydrogen) atoms. The topological polar surface area (TPSA) is 104 Å². The van der Waals surface area contributed by atoms with Crippen LogP contribution in [-0.2, 0) is 0 Å². The lowest BCUT2D eigenvalue weighted by Gasteiger charge is -2.10. The molecular formula is C12H11FN4O3. The summed E-state index contributed by atoms with van der Waals surface area (Å²) < 4.78 is 18.5. The summed E-state index contributed by atoms with van der Waals surface area (Å²) in [5.74, 6) is -0.439. The van der Waals surface area contributed by atoms with E-state index >= 15 is 0 Å². The number of nitrogen functional groups attached to an aromatic ring is 1. The lowest BCUT2D eigenvalue weighted by atomic mass is 10.1. The molecule has 0 bridgehead atoms. The van der Waals surface area contributed by atoms with Gasteiger partial charge in [0.15, 0.2) is 5.69 Å². The van der Waals surface area contributed by atoms with Crippen LogP contribution in [0.5, 0.6) is 5.75 Å². The van der Waals surface area contributed by atoms with Crippen molar-refractivity contribution in [1.82, 2.24) is 9.97 Å². The Morgan fingerprint density at radius 2 is 2.10 bits per heavy atom. The van der Waals surface area contributed by atoms with Crippen molar-refractivity contribution in [3.63, 3.8) is 0 Å². The zero-order valence-electron chi connectivity index (χ0n) is 10.8. The Kier molecular flexibility index (Phi) is 3.47. The molecule has 1 aromatic carbocycles. The largest absolute Gasteiger partial charge is 0.496 e. The van der Waals surface area contributed by atoms with E-state index in [0.29, 0.717) is 0 Å². The molecule has 0 aliphatic carbocycles. The third kappa shape index (κ3) is 2.35. The molecule has 0 spiro atoms. The van der Waals surface area contributed by atoms with Gasteiger partial charge in [-0.1, -0.05) is 0 Å². The van der Waals surface area contributed by atoms with Gasteiger partial charge in [-0.15, -0.1) is 0 Å². The first kappa shape index (κ1) is 13.7. The summed E-state index contributed by atoms with van der Waals surface area (Å²) in [6, 6.07) is 3.65. The van der Waals surface area contributed by atoms with Gasteiger partial charge in [0.25, 0.3) is 0 Å². The fraction of sp³-hybridized carbons (Fsp3) is 0.167. The Hall–Kier alpha value is -2.77. The quantitative estimate of drug-likeness (QED) is 0.681. The zero-order chi connectivity index (χ0) is 14.9. The summed E-state index contributed by atoms with van der Waals surface area (Å²) in [4.78, 5) is 18.1. The standard InChI is InChI=1S/C12H11FN4O3/c1-6-11(17(18)19)10(16-12(14)15-6)8-5-7(13)3-4-9(8)20-2/h3-5H,1-2H3,(H2,14,15,16). The van der Waals surface area contributed by atoms with E-state index in [0.717, 1.165) is 6.07 Å². The van der Waals surface area contributed by atoms with Gasteiger partial charge in [-0.3, -0.25) is 10.1 Å². The van der Waals surface area contributed by atoms with Crippen molar-refractivity contribution < 1.29 is 14.1 Å². The minimum Gasteiger partial charge on any atom is -0.496 e. The molecule has 104 valence electrons. The van der Waals surface area contributed by atoms with Crippen LogP contribution in [0.2, 0.25) is 0 Å². The highest BCUT2D eigenvalue weighted by atomic mass is 19.1. The van der Waals surface area contributed by atoms with Crippen molar-refractivity contribution in [1.29, 1.82) is 0 Å². The number of aryl methyl sites for hydroxylation is 1. The molecule has 2 N–H and O–H groups in total. The lowest BCUT2D eigenvalue weighted by molar-refractivity contribution is -0.385. The van der Waals surface area contributed by atoms with Crippen LogP contribution in [0.25, 0.3) is 11.3 Å². The molecule has 0 saturated carbocycles. The molecule has 8 heteroatoms. The maximum Gasteiger partial charge on any atom is 0.316 e. The average molecular weight is 278 g/mol. The molecule has 2 rings (SSSR count). The van der Waals surface area contributed by atoms with E-state index in [-0.39, 0.29) is 34.3 Å². The highest BCUT2D eigenvalue weighted by Crippen LogP contribution is 2.36. The SMILES string of the molecule is COc1ccc(F)cc1-c1nc(N)nc(C)c1[N+](=O)[O-]. The molecule has 0 atom stereocenters. The number of methoxy groups -OCH3 is 1. The molecule has 0 unspecified atom stereocenters. The van der Waals surface area contributed by atoms with Gasteiger partial charge in [0.2, 0.25) is 5.95 Å². The first-order chi connectivity index (χ1) is 9.43. The summed E-state index contributed by atoms with van der Waals surface area (Å²) in [6.07, 6.45) is 0. The molecular weight excluding hydrogens is 267 g/mol. The lowest BCUT2D eigenvalue weighted by Crippen LogP contribution is -2.05. The molecule has 2 aromatic rings. The average Bonchev–Trinajstić information content (AvgIpc) is 2.37. The number of ether oxygens (including phenoxy) is 1. The van der Waals surface area contributed by atoms with Crippen LogP contribution in [0.4, 0.5) is 16.0 Å². The van der Waals surface area contributed by atoms with Crippen LogP contribution in [0.3, 0.4) is 0 Å². The first-order valence-electron chi connectivity index (χ1n) is 5.56. The molecule has 0 aliphatic heterocycles. The van der Waals surface area contributed by atoms with Gasteiger partial charge >= 0.3 is 5.69 Å². The number of nitrogens with zero attached hydrogens (tertiary/aromatic N) is 3. The van der Waals surface area contributed by atoms with E-state index in [1.165, 1.54) is 26.2 Å². The van der Waals surface area contributed by atoms with Gasteiger partial charge in [0.1, 0.15) is 17.3 Å². The number of rotatable bonds is 3. The van der Waals surface area contributed by atoms with Crippen LogP contribution in [0.1, 0.15) is 5.69 Å². The number of nitro groups is 1. The summed E-state index contributed by atoms with van der Waals surface area (Å²) in [6.45, 7) is 1.44. The maximum absolute atomic E-state index is 13.4. The first-order valence-corrected chi connectivity index (χ1v) is 5.56. The fourth-order valence-corrected chi connectivity index (χ4v) is 1.86. The molecule has 1 heterocycles. The smallest absolute Gasteiger partial charge is 0.316 e. The van der Waals surface area contributed by atoms with Crippen LogP contribution in [0, 0.1) is 22.9 Å². The Morgan fingerprint density at radius 1 is 1.40 bits per heavy atom. The molecule has 0 radical (unpaired) electrons. The minimum atomic E-state index is -0.631. The van der Waals surface area contributed by atoms with E-state index in [1.807, 2.05) is 0 Å². The Balaban J connectivity index is 2.81. The number of hydrogen-bond donors (Lipinski definition) is 1.